The molecule has 0 unspecified atom stereocenters. The van der Waals surface area contributed by atoms with E-state index in [1.165, 1.54) is 0 Å². The van der Waals surface area contributed by atoms with Crippen molar-refractivity contribution in [2.45, 2.75) is 13.3 Å². The van der Waals surface area contributed by atoms with E-state index in [0.29, 0.717) is 13.0 Å². The lowest BCUT2D eigenvalue weighted by Crippen LogP contribution is -2.31. The van der Waals surface area contributed by atoms with Crippen LogP contribution in [0.2, 0.25) is 0 Å². The summed E-state index contributed by atoms with van der Waals surface area (Å²) in [6.07, 6.45) is 0.699. The summed E-state index contributed by atoms with van der Waals surface area (Å²) in [4.78, 5) is 11.1. The van der Waals surface area contributed by atoms with Crippen molar-refractivity contribution in [2.24, 2.45) is 5.73 Å². The summed E-state index contributed by atoms with van der Waals surface area (Å²) in [5.74, 6) is 1.38. The highest BCUT2D eigenvalue weighted by atomic mass is 16.5. The first kappa shape index (κ1) is 14.3. The minimum atomic E-state index is -0.153. The Labute approximate surface area is 107 Å². The van der Waals surface area contributed by atoms with Gasteiger partial charge >= 0.3 is 0 Å². The summed E-state index contributed by atoms with van der Waals surface area (Å²) in [5, 5.41) is 2.74. The highest BCUT2D eigenvalue weighted by Crippen LogP contribution is 2.28. The maximum absolute atomic E-state index is 11.1. The number of benzene rings is 1. The zero-order chi connectivity index (χ0) is 13.5. The van der Waals surface area contributed by atoms with Crippen LogP contribution in [0.3, 0.4) is 0 Å². The zero-order valence-corrected chi connectivity index (χ0v) is 11.1. The molecule has 0 aliphatic carbocycles. The quantitative estimate of drug-likeness (QED) is 0.779. The summed E-state index contributed by atoms with van der Waals surface area (Å²) < 4.78 is 10.5. The molecule has 5 heteroatoms. The lowest BCUT2D eigenvalue weighted by Gasteiger charge is -2.14. The van der Waals surface area contributed by atoms with Gasteiger partial charge in [-0.2, -0.15) is 0 Å². The third-order valence-electron chi connectivity index (χ3n) is 2.74. The van der Waals surface area contributed by atoms with Crippen LogP contribution < -0.4 is 20.5 Å². The van der Waals surface area contributed by atoms with E-state index in [4.69, 9.17) is 15.2 Å². The molecule has 0 bridgehead atoms. The fourth-order valence-corrected chi connectivity index (χ4v) is 1.77. The van der Waals surface area contributed by atoms with Crippen molar-refractivity contribution >= 4 is 5.91 Å². The summed E-state index contributed by atoms with van der Waals surface area (Å²) in [5.41, 5.74) is 7.36. The van der Waals surface area contributed by atoms with E-state index < -0.39 is 0 Å². The molecule has 0 atom stereocenters. The standard InChI is InChI=1S/C13H20N2O3/c1-9-6-10(17-2)7-12(18-3)11(9)4-5-15-13(16)8-14/h6-7H,4-5,8,14H2,1-3H3,(H,15,16). The maximum atomic E-state index is 11.1. The average molecular weight is 252 g/mol. The Morgan fingerprint density at radius 3 is 2.61 bits per heavy atom. The largest absolute Gasteiger partial charge is 0.497 e. The molecule has 100 valence electrons. The Balaban J connectivity index is 2.78. The number of aryl methyl sites for hydroxylation is 1. The third kappa shape index (κ3) is 3.63. The number of hydrogen-bond acceptors (Lipinski definition) is 4. The van der Waals surface area contributed by atoms with E-state index in [2.05, 4.69) is 5.32 Å². The van der Waals surface area contributed by atoms with E-state index in [9.17, 15) is 4.79 Å². The monoisotopic (exact) mass is 252 g/mol. The number of carbonyl (C=O) groups excluding carboxylic acids is 1. The predicted octanol–water partition coefficient (Wildman–Crippen LogP) is 0.630. The first-order valence-corrected chi connectivity index (χ1v) is 5.80. The first-order valence-electron chi connectivity index (χ1n) is 5.80. The van der Waals surface area contributed by atoms with Gasteiger partial charge < -0.3 is 20.5 Å². The molecule has 0 saturated heterocycles. The van der Waals surface area contributed by atoms with Crippen molar-refractivity contribution in [3.63, 3.8) is 0 Å². The van der Waals surface area contributed by atoms with Gasteiger partial charge in [0.1, 0.15) is 11.5 Å². The van der Waals surface area contributed by atoms with Crippen molar-refractivity contribution in [3.05, 3.63) is 23.3 Å². The van der Waals surface area contributed by atoms with Crippen LogP contribution in [0.1, 0.15) is 11.1 Å². The number of carbonyl (C=O) groups is 1. The molecule has 3 N–H and O–H groups in total. The highest BCUT2D eigenvalue weighted by Gasteiger charge is 2.09. The van der Waals surface area contributed by atoms with Crippen LogP contribution in [-0.2, 0) is 11.2 Å². The first-order chi connectivity index (χ1) is 8.62. The van der Waals surface area contributed by atoms with Gasteiger partial charge in [-0.1, -0.05) is 0 Å². The van der Waals surface area contributed by atoms with Gasteiger partial charge in [0.25, 0.3) is 0 Å². The van der Waals surface area contributed by atoms with Crippen LogP contribution in [0.5, 0.6) is 11.5 Å². The third-order valence-corrected chi connectivity index (χ3v) is 2.74. The van der Waals surface area contributed by atoms with Gasteiger partial charge in [-0.3, -0.25) is 4.79 Å². The molecule has 1 aromatic rings. The van der Waals surface area contributed by atoms with Crippen molar-refractivity contribution in [1.82, 2.24) is 5.32 Å². The van der Waals surface area contributed by atoms with Gasteiger partial charge in [0.05, 0.1) is 20.8 Å². The number of amides is 1. The molecule has 0 aromatic heterocycles. The van der Waals surface area contributed by atoms with Gasteiger partial charge in [0, 0.05) is 12.6 Å². The highest BCUT2D eigenvalue weighted by molar-refractivity contribution is 5.77. The Bertz CT molecular complexity index is 419. The second-order valence-electron chi connectivity index (χ2n) is 3.93. The van der Waals surface area contributed by atoms with Crippen molar-refractivity contribution in [2.75, 3.05) is 27.3 Å². The number of nitrogens with one attached hydrogen (secondary N) is 1. The molecule has 0 radical (unpaired) electrons. The van der Waals surface area contributed by atoms with E-state index >= 15 is 0 Å². The summed E-state index contributed by atoms with van der Waals surface area (Å²) >= 11 is 0. The van der Waals surface area contributed by atoms with Gasteiger partial charge in [-0.25, -0.2) is 0 Å². The average Bonchev–Trinajstić information content (AvgIpc) is 2.39. The Hall–Kier alpha value is -1.75. The normalized spacial score (nSPS) is 10.0. The molecule has 0 aliphatic heterocycles. The van der Waals surface area contributed by atoms with Crippen LogP contribution in [-0.4, -0.2) is 33.2 Å². The van der Waals surface area contributed by atoms with Crippen molar-refractivity contribution in [3.8, 4) is 11.5 Å². The number of nitrogens with two attached hydrogens (primary N) is 1. The molecule has 0 aliphatic rings. The predicted molar refractivity (Wildman–Crippen MR) is 70.1 cm³/mol. The Kier molecular flexibility index (Phi) is 5.45. The van der Waals surface area contributed by atoms with Crippen LogP contribution in [0.4, 0.5) is 0 Å². The minimum Gasteiger partial charge on any atom is -0.497 e. The molecule has 18 heavy (non-hydrogen) atoms. The van der Waals surface area contributed by atoms with E-state index in [1.807, 2.05) is 19.1 Å². The molecule has 5 nitrogen and oxygen atoms in total. The second kappa shape index (κ2) is 6.86. The zero-order valence-electron chi connectivity index (χ0n) is 11.1. The van der Waals surface area contributed by atoms with E-state index in [0.717, 1.165) is 22.6 Å². The fourth-order valence-electron chi connectivity index (χ4n) is 1.77. The molecule has 0 spiro atoms. The van der Waals surface area contributed by atoms with Crippen molar-refractivity contribution in [1.29, 1.82) is 0 Å². The molecule has 1 aromatic carbocycles. The molecule has 0 fully saturated rings. The van der Waals surface area contributed by atoms with Crippen LogP contribution in [0.25, 0.3) is 0 Å². The number of methoxy groups -OCH3 is 2. The van der Waals surface area contributed by atoms with Crippen LogP contribution in [0, 0.1) is 6.92 Å². The lowest BCUT2D eigenvalue weighted by atomic mass is 10.0. The Morgan fingerprint density at radius 2 is 2.06 bits per heavy atom. The maximum Gasteiger partial charge on any atom is 0.233 e. The van der Waals surface area contributed by atoms with E-state index in [1.54, 1.807) is 14.2 Å². The Morgan fingerprint density at radius 1 is 1.33 bits per heavy atom. The topological polar surface area (TPSA) is 73.6 Å². The molecule has 0 saturated carbocycles. The molecule has 1 amide bonds. The number of ether oxygens (including phenoxy) is 2. The summed E-state index contributed by atoms with van der Waals surface area (Å²) in [6, 6.07) is 3.79. The van der Waals surface area contributed by atoms with Crippen LogP contribution in [0.15, 0.2) is 12.1 Å². The van der Waals surface area contributed by atoms with Gasteiger partial charge in [0.15, 0.2) is 0 Å². The second-order valence-corrected chi connectivity index (χ2v) is 3.93. The van der Waals surface area contributed by atoms with Crippen LogP contribution >= 0.6 is 0 Å². The molecule has 0 heterocycles. The summed E-state index contributed by atoms with van der Waals surface area (Å²) in [6.45, 7) is 2.55. The van der Waals surface area contributed by atoms with Crippen molar-refractivity contribution < 1.29 is 14.3 Å². The number of hydrogen-bond donors (Lipinski definition) is 2. The fraction of sp³-hybridized carbons (Fsp3) is 0.462. The summed E-state index contributed by atoms with van der Waals surface area (Å²) in [7, 11) is 3.24. The molecular weight excluding hydrogens is 232 g/mol. The SMILES string of the molecule is COc1cc(C)c(CCNC(=O)CN)c(OC)c1. The van der Waals surface area contributed by atoms with Gasteiger partial charge in [0.2, 0.25) is 5.91 Å². The van der Waals surface area contributed by atoms with E-state index in [-0.39, 0.29) is 12.5 Å². The molecular formula is C13H20N2O3. The molecule has 1 rings (SSSR count). The van der Waals surface area contributed by atoms with Gasteiger partial charge in [-0.05, 0) is 30.5 Å². The smallest absolute Gasteiger partial charge is 0.233 e. The number of rotatable bonds is 6. The lowest BCUT2D eigenvalue weighted by molar-refractivity contribution is -0.119. The minimum absolute atomic E-state index is 0.0126. The van der Waals surface area contributed by atoms with Gasteiger partial charge in [-0.15, -0.1) is 0 Å².